The number of benzene rings is 3. The van der Waals surface area contributed by atoms with Crippen molar-refractivity contribution in [2.45, 2.75) is 33.4 Å². The molecule has 2 heterocycles. The van der Waals surface area contributed by atoms with Crippen molar-refractivity contribution in [2.75, 3.05) is 10.6 Å². The van der Waals surface area contributed by atoms with E-state index in [0.29, 0.717) is 18.1 Å². The molecule has 7 heteroatoms. The summed E-state index contributed by atoms with van der Waals surface area (Å²) in [5, 5.41) is 10.7. The van der Waals surface area contributed by atoms with Crippen molar-refractivity contribution >= 4 is 17.5 Å². The molecule has 1 aliphatic rings. The summed E-state index contributed by atoms with van der Waals surface area (Å²) in [5.74, 6) is 1.11. The third-order valence-electron chi connectivity index (χ3n) is 6.01. The number of amides is 1. The van der Waals surface area contributed by atoms with E-state index < -0.39 is 6.04 Å². The second-order valence-electron chi connectivity index (χ2n) is 8.76. The summed E-state index contributed by atoms with van der Waals surface area (Å²) in [6, 6.07) is 23.4. The van der Waals surface area contributed by atoms with Crippen LogP contribution in [0.25, 0.3) is 0 Å². The van der Waals surface area contributed by atoms with Crippen LogP contribution >= 0.6 is 0 Å². The largest absolute Gasteiger partial charge is 0.489 e. The molecule has 0 saturated heterocycles. The molecule has 0 aliphatic carbocycles. The fourth-order valence-electron chi connectivity index (χ4n) is 4.24. The van der Waals surface area contributed by atoms with Crippen LogP contribution in [0.4, 0.5) is 11.6 Å². The number of ether oxygens (including phenoxy) is 1. The SMILES string of the molecule is CC1=C(C(=O)Nc2cccc(C)c2)C(c2cccc(OCc3ccc(C)cc3)c2)n2ncnc2N1. The van der Waals surface area contributed by atoms with Gasteiger partial charge in [-0.05, 0) is 61.7 Å². The van der Waals surface area contributed by atoms with Crippen LogP contribution in [0.15, 0.2) is 90.4 Å². The summed E-state index contributed by atoms with van der Waals surface area (Å²) in [6.07, 6.45) is 1.49. The number of allylic oxidation sites excluding steroid dienone is 1. The van der Waals surface area contributed by atoms with Crippen LogP contribution in [0.5, 0.6) is 5.75 Å². The van der Waals surface area contributed by atoms with E-state index in [0.717, 1.165) is 33.8 Å². The molecule has 5 rings (SSSR count). The number of carbonyl (C=O) groups is 1. The molecule has 0 bridgehead atoms. The Hall–Kier alpha value is -4.39. The van der Waals surface area contributed by atoms with Crippen LogP contribution in [-0.2, 0) is 11.4 Å². The molecule has 35 heavy (non-hydrogen) atoms. The van der Waals surface area contributed by atoms with Gasteiger partial charge in [0.1, 0.15) is 24.7 Å². The Balaban J connectivity index is 1.45. The Labute approximate surface area is 204 Å². The van der Waals surface area contributed by atoms with Crippen molar-refractivity contribution in [1.82, 2.24) is 14.8 Å². The van der Waals surface area contributed by atoms with E-state index in [1.165, 1.54) is 11.9 Å². The van der Waals surface area contributed by atoms with Gasteiger partial charge in [0.2, 0.25) is 5.95 Å². The van der Waals surface area contributed by atoms with E-state index in [1.807, 2.05) is 62.4 Å². The average molecular weight is 466 g/mol. The van der Waals surface area contributed by atoms with Crippen molar-refractivity contribution in [1.29, 1.82) is 0 Å². The Kier molecular flexibility index (Phi) is 6.06. The number of fused-ring (bicyclic) bond motifs is 1. The Morgan fingerprint density at radius 1 is 1.00 bits per heavy atom. The highest BCUT2D eigenvalue weighted by atomic mass is 16.5. The summed E-state index contributed by atoms with van der Waals surface area (Å²) in [6.45, 7) is 6.40. The molecule has 1 atom stereocenters. The van der Waals surface area contributed by atoms with Crippen molar-refractivity contribution in [2.24, 2.45) is 0 Å². The summed E-state index contributed by atoms with van der Waals surface area (Å²) in [4.78, 5) is 17.8. The maximum absolute atomic E-state index is 13.5. The number of aromatic nitrogens is 3. The Bertz CT molecular complexity index is 1400. The van der Waals surface area contributed by atoms with E-state index in [-0.39, 0.29) is 5.91 Å². The first kappa shape index (κ1) is 22.4. The maximum atomic E-state index is 13.5. The van der Waals surface area contributed by atoms with Gasteiger partial charge in [-0.1, -0.05) is 54.1 Å². The minimum absolute atomic E-state index is 0.197. The minimum atomic E-state index is -0.457. The third kappa shape index (κ3) is 4.80. The summed E-state index contributed by atoms with van der Waals surface area (Å²) < 4.78 is 7.82. The molecule has 7 nitrogen and oxygen atoms in total. The summed E-state index contributed by atoms with van der Waals surface area (Å²) in [5.41, 5.74) is 6.30. The number of carbonyl (C=O) groups excluding carboxylic acids is 1. The number of aryl methyl sites for hydroxylation is 2. The lowest BCUT2D eigenvalue weighted by molar-refractivity contribution is -0.113. The molecular weight excluding hydrogens is 438 g/mol. The van der Waals surface area contributed by atoms with Gasteiger partial charge >= 0.3 is 0 Å². The molecular formula is C28H27N5O2. The van der Waals surface area contributed by atoms with Crippen LogP contribution < -0.4 is 15.4 Å². The molecule has 0 saturated carbocycles. The first-order valence-electron chi connectivity index (χ1n) is 11.5. The Morgan fingerprint density at radius 2 is 1.80 bits per heavy atom. The van der Waals surface area contributed by atoms with Crippen molar-refractivity contribution in [3.05, 3.63) is 113 Å². The minimum Gasteiger partial charge on any atom is -0.489 e. The molecule has 2 N–H and O–H groups in total. The maximum Gasteiger partial charge on any atom is 0.255 e. The standard InChI is InChI=1S/C28H27N5O2/c1-18-10-12-21(13-11-18)16-35-24-9-5-7-22(15-24)26-25(20(3)31-28-29-17-30-33(26)28)27(34)32-23-8-4-6-19(2)14-23/h4-15,17,26H,16H2,1-3H3,(H,32,34)(H,29,30,31). The van der Waals surface area contributed by atoms with E-state index >= 15 is 0 Å². The zero-order valence-corrected chi connectivity index (χ0v) is 19.9. The monoisotopic (exact) mass is 465 g/mol. The van der Waals surface area contributed by atoms with Crippen molar-refractivity contribution < 1.29 is 9.53 Å². The molecule has 176 valence electrons. The van der Waals surface area contributed by atoms with Crippen molar-refractivity contribution in [3.8, 4) is 5.75 Å². The molecule has 1 unspecified atom stereocenters. The van der Waals surface area contributed by atoms with Gasteiger partial charge in [-0.3, -0.25) is 4.79 Å². The van der Waals surface area contributed by atoms with Crippen LogP contribution in [-0.4, -0.2) is 20.7 Å². The van der Waals surface area contributed by atoms with Gasteiger partial charge in [-0.25, -0.2) is 4.68 Å². The molecule has 1 amide bonds. The Morgan fingerprint density at radius 3 is 2.60 bits per heavy atom. The fourth-order valence-corrected chi connectivity index (χ4v) is 4.24. The topological polar surface area (TPSA) is 81.1 Å². The normalized spacial score (nSPS) is 14.8. The van der Waals surface area contributed by atoms with Crippen LogP contribution in [0.1, 0.15) is 35.2 Å². The lowest BCUT2D eigenvalue weighted by Crippen LogP contribution is -2.31. The van der Waals surface area contributed by atoms with E-state index in [9.17, 15) is 4.79 Å². The molecule has 1 aliphatic heterocycles. The van der Waals surface area contributed by atoms with Gasteiger partial charge < -0.3 is 15.4 Å². The van der Waals surface area contributed by atoms with Crippen LogP contribution in [0.3, 0.4) is 0 Å². The van der Waals surface area contributed by atoms with Gasteiger partial charge in [-0.15, -0.1) is 0 Å². The molecule has 1 aromatic heterocycles. The quantitative estimate of drug-likeness (QED) is 0.398. The predicted octanol–water partition coefficient (Wildman–Crippen LogP) is 5.40. The molecule has 0 spiro atoms. The highest BCUT2D eigenvalue weighted by Crippen LogP contribution is 2.36. The van der Waals surface area contributed by atoms with Crippen molar-refractivity contribution in [3.63, 3.8) is 0 Å². The number of rotatable bonds is 6. The van der Waals surface area contributed by atoms with Gasteiger partial charge in [0.05, 0.1) is 5.57 Å². The molecule has 3 aromatic carbocycles. The second kappa shape index (κ2) is 9.46. The summed E-state index contributed by atoms with van der Waals surface area (Å²) >= 11 is 0. The lowest BCUT2D eigenvalue weighted by atomic mass is 9.94. The predicted molar refractivity (Wildman–Crippen MR) is 136 cm³/mol. The third-order valence-corrected chi connectivity index (χ3v) is 6.01. The van der Waals surface area contributed by atoms with E-state index in [4.69, 9.17) is 4.74 Å². The number of anilines is 2. The number of hydrogen-bond acceptors (Lipinski definition) is 5. The number of hydrogen-bond donors (Lipinski definition) is 2. The van der Waals surface area contributed by atoms with Gasteiger partial charge in [0.25, 0.3) is 5.91 Å². The van der Waals surface area contributed by atoms with Crippen LogP contribution in [0.2, 0.25) is 0 Å². The zero-order chi connectivity index (χ0) is 24.4. The van der Waals surface area contributed by atoms with Crippen LogP contribution in [0, 0.1) is 13.8 Å². The van der Waals surface area contributed by atoms with E-state index in [1.54, 1.807) is 4.68 Å². The second-order valence-corrected chi connectivity index (χ2v) is 8.76. The first-order chi connectivity index (χ1) is 17.0. The average Bonchev–Trinajstić information content (AvgIpc) is 3.31. The number of nitrogens with one attached hydrogen (secondary N) is 2. The highest BCUT2D eigenvalue weighted by Gasteiger charge is 2.33. The van der Waals surface area contributed by atoms with E-state index in [2.05, 4.69) is 51.9 Å². The molecule has 0 radical (unpaired) electrons. The van der Waals surface area contributed by atoms with Gasteiger partial charge in [0.15, 0.2) is 0 Å². The van der Waals surface area contributed by atoms with Gasteiger partial charge in [-0.2, -0.15) is 10.1 Å². The molecule has 0 fully saturated rings. The lowest BCUT2D eigenvalue weighted by Gasteiger charge is -2.29. The highest BCUT2D eigenvalue weighted by molar-refractivity contribution is 6.06. The first-order valence-corrected chi connectivity index (χ1v) is 11.5. The zero-order valence-electron chi connectivity index (χ0n) is 19.9. The fraction of sp³-hybridized carbons (Fsp3) is 0.179. The smallest absolute Gasteiger partial charge is 0.255 e. The molecule has 4 aromatic rings. The van der Waals surface area contributed by atoms with Gasteiger partial charge in [0, 0.05) is 11.4 Å². The number of nitrogens with zero attached hydrogens (tertiary/aromatic N) is 3. The summed E-state index contributed by atoms with van der Waals surface area (Å²) in [7, 11) is 0.